The third-order valence-electron chi connectivity index (χ3n) is 1.77. The second-order valence-electron chi connectivity index (χ2n) is 2.84. The van der Waals surface area contributed by atoms with E-state index >= 15 is 0 Å². The number of hydrogen-bond donors (Lipinski definition) is 0. The van der Waals surface area contributed by atoms with E-state index in [0.717, 1.165) is 11.4 Å². The molecular weight excluding hydrogens is 270 g/mol. The Bertz CT molecular complexity index is 341. The molecule has 0 atom stereocenters. The number of hydrogen-bond acceptors (Lipinski definition) is 1. The van der Waals surface area contributed by atoms with Crippen LogP contribution in [0.15, 0.2) is 18.2 Å². The van der Waals surface area contributed by atoms with Gasteiger partial charge in [-0.25, -0.2) is 4.39 Å². The molecule has 0 spiro atoms. The lowest BCUT2D eigenvalue weighted by Crippen LogP contribution is -2.02. The van der Waals surface area contributed by atoms with Gasteiger partial charge in [0.25, 0.3) is 0 Å². The van der Waals surface area contributed by atoms with Crippen molar-refractivity contribution in [2.45, 2.75) is 12.8 Å². The predicted octanol–water partition coefficient (Wildman–Crippen LogP) is 3.84. The van der Waals surface area contributed by atoms with Gasteiger partial charge in [0, 0.05) is 16.8 Å². The van der Waals surface area contributed by atoms with Gasteiger partial charge in [-0.1, -0.05) is 27.5 Å². The lowest BCUT2D eigenvalue weighted by Gasteiger charge is -2.01. The lowest BCUT2D eigenvalue weighted by molar-refractivity contribution is 0.0978. The normalized spacial score (nSPS) is 10.2. The minimum absolute atomic E-state index is 0.121. The van der Waals surface area contributed by atoms with Gasteiger partial charge in [0.2, 0.25) is 0 Å². The number of carbonyl (C=O) groups is 1. The number of carbonyl (C=O) groups excluding carboxylic acids is 1. The van der Waals surface area contributed by atoms with Crippen LogP contribution in [0.3, 0.4) is 0 Å². The van der Waals surface area contributed by atoms with Crippen LogP contribution >= 0.6 is 27.5 Å². The molecule has 0 bridgehead atoms. The molecule has 0 heterocycles. The minimum Gasteiger partial charge on any atom is -0.294 e. The highest BCUT2D eigenvalue weighted by atomic mass is 79.9. The summed E-state index contributed by atoms with van der Waals surface area (Å²) < 4.78 is 13.2. The molecule has 0 radical (unpaired) electrons. The molecule has 0 amide bonds. The molecule has 0 aliphatic heterocycles. The van der Waals surface area contributed by atoms with Crippen molar-refractivity contribution in [3.8, 4) is 0 Å². The van der Waals surface area contributed by atoms with E-state index in [2.05, 4.69) is 15.9 Å². The fourth-order valence-electron chi connectivity index (χ4n) is 1.08. The second kappa shape index (κ2) is 5.47. The molecule has 1 aromatic rings. The van der Waals surface area contributed by atoms with Crippen molar-refractivity contribution in [2.24, 2.45) is 0 Å². The van der Waals surface area contributed by atoms with Gasteiger partial charge in [-0.2, -0.15) is 0 Å². The third kappa shape index (κ3) is 3.07. The Morgan fingerprint density at radius 2 is 2.21 bits per heavy atom. The van der Waals surface area contributed by atoms with Crippen molar-refractivity contribution in [2.75, 3.05) is 5.33 Å². The number of ketones is 1. The molecule has 0 fully saturated rings. The summed E-state index contributed by atoms with van der Waals surface area (Å²) >= 11 is 8.78. The molecule has 14 heavy (non-hydrogen) atoms. The van der Waals surface area contributed by atoms with Crippen LogP contribution in [0.5, 0.6) is 0 Å². The van der Waals surface area contributed by atoms with Crippen LogP contribution in [0.25, 0.3) is 0 Å². The summed E-state index contributed by atoms with van der Waals surface area (Å²) in [4.78, 5) is 11.4. The van der Waals surface area contributed by atoms with E-state index in [4.69, 9.17) is 11.6 Å². The number of Topliss-reactive ketones (excluding diaryl/α,β-unsaturated/α-hetero) is 1. The maximum absolute atomic E-state index is 13.2. The van der Waals surface area contributed by atoms with Crippen LogP contribution in [0.1, 0.15) is 23.2 Å². The first-order valence-corrected chi connectivity index (χ1v) is 5.69. The van der Waals surface area contributed by atoms with Gasteiger partial charge in [-0.3, -0.25) is 4.79 Å². The van der Waals surface area contributed by atoms with E-state index in [1.807, 2.05) is 0 Å². The van der Waals surface area contributed by atoms with E-state index < -0.39 is 5.82 Å². The summed E-state index contributed by atoms with van der Waals surface area (Å²) in [5.41, 5.74) is 0.121. The molecule has 76 valence electrons. The van der Waals surface area contributed by atoms with Gasteiger partial charge >= 0.3 is 0 Å². The Morgan fingerprint density at radius 3 is 2.79 bits per heavy atom. The van der Waals surface area contributed by atoms with Crippen LogP contribution in [0.4, 0.5) is 4.39 Å². The summed E-state index contributed by atoms with van der Waals surface area (Å²) in [6.07, 6.45) is 1.06. The monoisotopic (exact) mass is 278 g/mol. The summed E-state index contributed by atoms with van der Waals surface area (Å²) in [5.74, 6) is -0.726. The highest BCUT2D eigenvalue weighted by molar-refractivity contribution is 9.09. The molecule has 4 heteroatoms. The second-order valence-corrected chi connectivity index (χ2v) is 4.07. The minimum atomic E-state index is -0.544. The van der Waals surface area contributed by atoms with Crippen LogP contribution in [-0.2, 0) is 0 Å². The molecule has 1 rings (SSSR count). The van der Waals surface area contributed by atoms with E-state index in [9.17, 15) is 9.18 Å². The number of halogens is 3. The van der Waals surface area contributed by atoms with E-state index in [0.29, 0.717) is 17.9 Å². The molecule has 0 N–H and O–H groups in total. The summed E-state index contributed by atoms with van der Waals surface area (Å²) in [6.45, 7) is 0. The van der Waals surface area contributed by atoms with Crippen LogP contribution < -0.4 is 0 Å². The van der Waals surface area contributed by atoms with Crippen molar-refractivity contribution in [1.82, 2.24) is 0 Å². The summed E-state index contributed by atoms with van der Waals surface area (Å²) in [5, 5.41) is 1.05. The van der Waals surface area contributed by atoms with Crippen molar-refractivity contribution in [3.05, 3.63) is 34.6 Å². The lowest BCUT2D eigenvalue weighted by atomic mass is 10.1. The Kier molecular flexibility index (Phi) is 4.55. The predicted molar refractivity (Wildman–Crippen MR) is 58.8 cm³/mol. The van der Waals surface area contributed by atoms with Gasteiger partial charge in [0.05, 0.1) is 5.56 Å². The highest BCUT2D eigenvalue weighted by Crippen LogP contribution is 2.16. The highest BCUT2D eigenvalue weighted by Gasteiger charge is 2.10. The van der Waals surface area contributed by atoms with Crippen molar-refractivity contribution < 1.29 is 9.18 Å². The molecule has 0 aromatic heterocycles. The first kappa shape index (κ1) is 11.7. The van der Waals surface area contributed by atoms with Gasteiger partial charge in [0.15, 0.2) is 5.78 Å². The zero-order chi connectivity index (χ0) is 10.6. The van der Waals surface area contributed by atoms with E-state index in [1.54, 1.807) is 0 Å². The zero-order valence-electron chi connectivity index (χ0n) is 7.40. The first-order valence-electron chi connectivity index (χ1n) is 4.19. The quantitative estimate of drug-likeness (QED) is 0.604. The van der Waals surface area contributed by atoms with Crippen molar-refractivity contribution in [3.63, 3.8) is 0 Å². The molecule has 0 saturated heterocycles. The van der Waals surface area contributed by atoms with E-state index in [-0.39, 0.29) is 11.3 Å². The molecule has 1 aromatic carbocycles. The van der Waals surface area contributed by atoms with Crippen LogP contribution in [0, 0.1) is 5.82 Å². The first-order chi connectivity index (χ1) is 6.65. The third-order valence-corrected chi connectivity index (χ3v) is 2.56. The fraction of sp³-hybridized carbons (Fsp3) is 0.300. The summed E-state index contributed by atoms with van der Waals surface area (Å²) in [6, 6.07) is 4.10. The van der Waals surface area contributed by atoms with Gasteiger partial charge in [0.1, 0.15) is 5.82 Å². The Labute approximate surface area is 95.4 Å². The smallest absolute Gasteiger partial charge is 0.165 e. The Hall–Kier alpha value is -0.410. The zero-order valence-corrected chi connectivity index (χ0v) is 9.74. The maximum atomic E-state index is 13.2. The molecule has 1 nitrogen and oxygen atoms in total. The molecular formula is C10H9BrClFO. The van der Waals surface area contributed by atoms with Crippen LogP contribution in [0.2, 0.25) is 5.02 Å². The Morgan fingerprint density at radius 1 is 1.50 bits per heavy atom. The average Bonchev–Trinajstić information content (AvgIpc) is 2.14. The standard InChI is InChI=1S/C10H9BrClFO/c11-5-1-2-10(14)8-4-3-7(12)6-9(8)13/h3-4,6H,1-2,5H2. The number of benzene rings is 1. The van der Waals surface area contributed by atoms with Gasteiger partial charge in [-0.15, -0.1) is 0 Å². The van der Waals surface area contributed by atoms with Crippen molar-refractivity contribution >= 4 is 33.3 Å². The maximum Gasteiger partial charge on any atom is 0.165 e. The van der Waals surface area contributed by atoms with Crippen molar-refractivity contribution in [1.29, 1.82) is 0 Å². The number of rotatable bonds is 4. The average molecular weight is 280 g/mol. The molecule has 0 saturated carbocycles. The molecule has 0 aliphatic rings. The topological polar surface area (TPSA) is 17.1 Å². The summed E-state index contributed by atoms with van der Waals surface area (Å²) in [7, 11) is 0. The van der Waals surface area contributed by atoms with Gasteiger partial charge < -0.3 is 0 Å². The largest absolute Gasteiger partial charge is 0.294 e. The molecule has 0 aliphatic carbocycles. The van der Waals surface area contributed by atoms with E-state index in [1.165, 1.54) is 12.1 Å². The van der Waals surface area contributed by atoms with Crippen LogP contribution in [-0.4, -0.2) is 11.1 Å². The number of alkyl halides is 1. The Balaban J connectivity index is 2.80. The molecule has 0 unspecified atom stereocenters. The SMILES string of the molecule is O=C(CCCBr)c1ccc(Cl)cc1F. The fourth-order valence-corrected chi connectivity index (χ4v) is 1.52. The van der Waals surface area contributed by atoms with Gasteiger partial charge in [-0.05, 0) is 24.6 Å².